The van der Waals surface area contributed by atoms with Gasteiger partial charge in [0, 0.05) is 24.0 Å². The van der Waals surface area contributed by atoms with Gasteiger partial charge in [0.15, 0.2) is 5.78 Å². The Bertz CT molecular complexity index is 1060. The maximum absolute atomic E-state index is 13.7. The van der Waals surface area contributed by atoms with Crippen LogP contribution >= 0.6 is 0 Å². The minimum atomic E-state index is -0.126. The molecule has 0 fully saturated rings. The molecule has 0 amide bonds. The van der Waals surface area contributed by atoms with Crippen molar-refractivity contribution in [3.05, 3.63) is 59.4 Å². The maximum Gasteiger partial charge on any atom is 0.199 e. The van der Waals surface area contributed by atoms with Crippen molar-refractivity contribution in [3.8, 4) is 5.75 Å². The first kappa shape index (κ1) is 26.8. The molecule has 0 bridgehead atoms. The summed E-state index contributed by atoms with van der Waals surface area (Å²) in [7, 11) is 0. The van der Waals surface area contributed by atoms with Crippen molar-refractivity contribution in [1.29, 1.82) is 0 Å². The number of benzene rings is 2. The van der Waals surface area contributed by atoms with Crippen LogP contribution < -0.4 is 10.5 Å². The van der Waals surface area contributed by atoms with Gasteiger partial charge in [-0.1, -0.05) is 52.2 Å². The Morgan fingerprint density at radius 3 is 2.31 bits per heavy atom. The number of ether oxygens (including phenoxy) is 1. The van der Waals surface area contributed by atoms with Gasteiger partial charge in [-0.15, -0.1) is 0 Å². The van der Waals surface area contributed by atoms with E-state index in [0.29, 0.717) is 34.8 Å². The summed E-state index contributed by atoms with van der Waals surface area (Å²) in [5.41, 5.74) is 8.51. The van der Waals surface area contributed by atoms with E-state index in [4.69, 9.17) is 14.9 Å². The van der Waals surface area contributed by atoms with Crippen molar-refractivity contribution in [1.82, 2.24) is 4.90 Å². The van der Waals surface area contributed by atoms with Crippen molar-refractivity contribution >= 4 is 22.4 Å². The zero-order valence-corrected chi connectivity index (χ0v) is 21.8. The first-order valence-corrected chi connectivity index (χ1v) is 13.4. The first-order valence-electron chi connectivity index (χ1n) is 13.4. The molecule has 0 saturated carbocycles. The lowest BCUT2D eigenvalue weighted by atomic mass is 9.97. The van der Waals surface area contributed by atoms with E-state index in [-0.39, 0.29) is 5.78 Å². The molecule has 0 saturated heterocycles. The summed E-state index contributed by atoms with van der Waals surface area (Å²) in [4.78, 5) is 16.2. The van der Waals surface area contributed by atoms with Crippen LogP contribution in [0.25, 0.3) is 11.0 Å². The van der Waals surface area contributed by atoms with Gasteiger partial charge in [-0.05, 0) is 69.1 Å². The van der Waals surface area contributed by atoms with Gasteiger partial charge in [-0.2, -0.15) is 0 Å². The number of nitrogens with zero attached hydrogens (tertiary/aromatic N) is 1. The monoisotopic (exact) mass is 478 g/mol. The van der Waals surface area contributed by atoms with Gasteiger partial charge in [0.25, 0.3) is 0 Å². The van der Waals surface area contributed by atoms with Crippen LogP contribution in [-0.4, -0.2) is 36.9 Å². The van der Waals surface area contributed by atoms with Crippen LogP contribution in [0.15, 0.2) is 46.9 Å². The SMILES string of the molecule is CCCCc1cc2c(C(=O)c3ccccc3OCCCN(CCCC)CCCC)c(N)ccc2o1. The van der Waals surface area contributed by atoms with Gasteiger partial charge < -0.3 is 19.8 Å². The fraction of sp³-hybridized carbons (Fsp3) is 0.500. The van der Waals surface area contributed by atoms with Crippen molar-refractivity contribution in [2.75, 3.05) is 32.0 Å². The molecule has 190 valence electrons. The van der Waals surface area contributed by atoms with Gasteiger partial charge in [-0.3, -0.25) is 4.79 Å². The molecular weight excluding hydrogens is 436 g/mol. The number of fused-ring (bicyclic) bond motifs is 1. The normalized spacial score (nSPS) is 11.4. The number of carbonyl (C=O) groups is 1. The Hall–Kier alpha value is -2.79. The molecule has 2 N–H and O–H groups in total. The molecule has 0 spiro atoms. The standard InChI is InChI=1S/C30H42N2O3/c1-4-7-13-23-22-25-28(35-23)17-16-26(31)29(25)30(33)24-14-10-11-15-27(24)34-21-12-20-32(18-8-5-2)19-9-6-3/h10-11,14-17,22H,4-9,12-13,18-21,31H2,1-3H3. The molecule has 2 aromatic carbocycles. The lowest BCUT2D eigenvalue weighted by Gasteiger charge is -2.22. The number of aryl methyl sites for hydroxylation is 1. The third-order valence-corrected chi connectivity index (χ3v) is 6.45. The second-order valence-corrected chi connectivity index (χ2v) is 9.33. The molecule has 35 heavy (non-hydrogen) atoms. The number of unbranched alkanes of at least 4 members (excludes halogenated alkanes) is 3. The second-order valence-electron chi connectivity index (χ2n) is 9.33. The highest BCUT2D eigenvalue weighted by molar-refractivity contribution is 6.20. The number of rotatable bonds is 16. The Balaban J connectivity index is 1.73. The highest BCUT2D eigenvalue weighted by atomic mass is 16.5. The Morgan fingerprint density at radius 2 is 1.60 bits per heavy atom. The Labute approximate surface area is 210 Å². The van der Waals surface area contributed by atoms with Crippen LogP contribution in [0, 0.1) is 0 Å². The Kier molecular flexibility index (Phi) is 10.7. The summed E-state index contributed by atoms with van der Waals surface area (Å²) >= 11 is 0. The number of hydrogen-bond acceptors (Lipinski definition) is 5. The first-order chi connectivity index (χ1) is 17.1. The number of ketones is 1. The van der Waals surface area contributed by atoms with Crippen LogP contribution in [0.5, 0.6) is 5.75 Å². The average Bonchev–Trinajstić information content (AvgIpc) is 3.29. The van der Waals surface area contributed by atoms with E-state index in [1.165, 1.54) is 25.7 Å². The maximum atomic E-state index is 13.7. The quantitative estimate of drug-likeness (QED) is 0.133. The molecule has 0 atom stereocenters. The second kappa shape index (κ2) is 13.9. The van der Waals surface area contributed by atoms with E-state index >= 15 is 0 Å². The van der Waals surface area contributed by atoms with Gasteiger partial charge in [0.1, 0.15) is 17.1 Å². The average molecular weight is 479 g/mol. The summed E-state index contributed by atoms with van der Waals surface area (Å²) in [6, 6.07) is 13.1. The largest absolute Gasteiger partial charge is 0.493 e. The molecular formula is C30H42N2O3. The van der Waals surface area contributed by atoms with Crippen LogP contribution in [0.2, 0.25) is 0 Å². The van der Waals surface area contributed by atoms with Gasteiger partial charge >= 0.3 is 0 Å². The number of furan rings is 1. The van der Waals surface area contributed by atoms with E-state index in [1.807, 2.05) is 36.4 Å². The zero-order chi connectivity index (χ0) is 25.0. The number of para-hydroxylation sites is 1. The molecule has 1 aromatic heterocycles. The van der Waals surface area contributed by atoms with Crippen LogP contribution in [0.4, 0.5) is 5.69 Å². The predicted molar refractivity (Wildman–Crippen MR) is 145 cm³/mol. The van der Waals surface area contributed by atoms with Crippen LogP contribution in [0.3, 0.4) is 0 Å². The minimum absolute atomic E-state index is 0.126. The summed E-state index contributed by atoms with van der Waals surface area (Å²) in [6.45, 7) is 10.5. The highest BCUT2D eigenvalue weighted by Gasteiger charge is 2.21. The molecule has 1 heterocycles. The van der Waals surface area contributed by atoms with E-state index in [0.717, 1.165) is 56.5 Å². The van der Waals surface area contributed by atoms with E-state index in [9.17, 15) is 4.79 Å². The van der Waals surface area contributed by atoms with Gasteiger partial charge in [-0.25, -0.2) is 0 Å². The molecule has 0 aliphatic heterocycles. The fourth-order valence-electron chi connectivity index (χ4n) is 4.39. The topological polar surface area (TPSA) is 68.7 Å². The van der Waals surface area contributed by atoms with Crippen molar-refractivity contribution in [2.45, 2.75) is 72.1 Å². The summed E-state index contributed by atoms with van der Waals surface area (Å²) in [5.74, 6) is 1.37. The lowest BCUT2D eigenvalue weighted by molar-refractivity contribution is 0.103. The minimum Gasteiger partial charge on any atom is -0.493 e. The number of anilines is 1. The predicted octanol–water partition coefficient (Wildman–Crippen LogP) is 7.26. The fourth-order valence-corrected chi connectivity index (χ4v) is 4.39. The van der Waals surface area contributed by atoms with E-state index in [2.05, 4.69) is 25.7 Å². The summed E-state index contributed by atoms with van der Waals surface area (Å²) in [5, 5.41) is 0.776. The van der Waals surface area contributed by atoms with Crippen molar-refractivity contribution in [3.63, 3.8) is 0 Å². The van der Waals surface area contributed by atoms with E-state index in [1.54, 1.807) is 6.07 Å². The van der Waals surface area contributed by atoms with E-state index < -0.39 is 0 Å². The number of nitrogen functional groups attached to an aromatic ring is 1. The molecule has 0 aliphatic carbocycles. The lowest BCUT2D eigenvalue weighted by Crippen LogP contribution is -2.28. The van der Waals surface area contributed by atoms with Crippen LogP contribution in [0.1, 0.15) is 87.4 Å². The number of nitrogens with two attached hydrogens (primary N) is 1. The Morgan fingerprint density at radius 1 is 0.914 bits per heavy atom. The molecule has 0 unspecified atom stereocenters. The van der Waals surface area contributed by atoms with Gasteiger partial charge in [0.05, 0.1) is 17.7 Å². The third kappa shape index (κ3) is 7.35. The van der Waals surface area contributed by atoms with Crippen molar-refractivity contribution < 1.29 is 13.9 Å². The highest BCUT2D eigenvalue weighted by Crippen LogP contribution is 2.32. The third-order valence-electron chi connectivity index (χ3n) is 6.45. The molecule has 3 rings (SSSR count). The molecule has 0 radical (unpaired) electrons. The number of hydrogen-bond donors (Lipinski definition) is 1. The molecule has 5 heteroatoms. The zero-order valence-electron chi connectivity index (χ0n) is 21.8. The van der Waals surface area contributed by atoms with Crippen molar-refractivity contribution in [2.24, 2.45) is 0 Å². The molecule has 0 aliphatic rings. The van der Waals surface area contributed by atoms with Crippen LogP contribution in [-0.2, 0) is 6.42 Å². The number of carbonyl (C=O) groups excluding carboxylic acids is 1. The smallest absolute Gasteiger partial charge is 0.199 e. The van der Waals surface area contributed by atoms with Gasteiger partial charge in [0.2, 0.25) is 0 Å². The summed E-state index contributed by atoms with van der Waals surface area (Å²) < 4.78 is 12.1. The summed E-state index contributed by atoms with van der Waals surface area (Å²) in [6.07, 6.45) is 8.78. The molecule has 5 nitrogen and oxygen atoms in total. The molecule has 3 aromatic rings.